The van der Waals surface area contributed by atoms with E-state index >= 15 is 0 Å². The Hall–Kier alpha value is -3.80. The Kier molecular flexibility index (Phi) is 4.24. The Morgan fingerprint density at radius 1 is 0.964 bits per heavy atom. The van der Waals surface area contributed by atoms with Gasteiger partial charge in [0, 0.05) is 41.8 Å². The van der Waals surface area contributed by atoms with Crippen LogP contribution in [0.25, 0.3) is 32.9 Å². The van der Waals surface area contributed by atoms with Crippen LogP contribution in [0.4, 0.5) is 11.4 Å². The number of aromatic nitrogens is 1. The number of carbonyl (C=O) groups excluding carboxylic acids is 1. The largest absolute Gasteiger partial charge is 0.326 e. The number of nitrogens with one attached hydrogen (secondary N) is 1. The molecule has 0 aliphatic rings. The molecule has 28 heavy (non-hydrogen) atoms. The minimum Gasteiger partial charge on any atom is -0.326 e. The van der Waals surface area contributed by atoms with Crippen LogP contribution in [-0.2, 0) is 11.8 Å². The fraction of sp³-hybridized carbons (Fsp3) is 0.0909. The van der Waals surface area contributed by atoms with E-state index in [1.807, 2.05) is 43.4 Å². The highest BCUT2D eigenvalue weighted by atomic mass is 16.6. The third-order valence-electron chi connectivity index (χ3n) is 4.84. The van der Waals surface area contributed by atoms with Gasteiger partial charge < -0.3 is 5.32 Å². The minimum atomic E-state index is -0.401. The molecule has 0 saturated heterocycles. The van der Waals surface area contributed by atoms with Crippen LogP contribution < -0.4 is 9.88 Å². The van der Waals surface area contributed by atoms with Crippen LogP contribution in [0.1, 0.15) is 6.92 Å². The van der Waals surface area contributed by atoms with Gasteiger partial charge in [0.2, 0.25) is 17.1 Å². The van der Waals surface area contributed by atoms with Gasteiger partial charge in [-0.05, 0) is 30.3 Å². The molecule has 0 atom stereocenters. The topological polar surface area (TPSA) is 76.1 Å². The summed E-state index contributed by atoms with van der Waals surface area (Å²) in [4.78, 5) is 22.0. The van der Waals surface area contributed by atoms with Crippen molar-refractivity contribution >= 4 is 39.0 Å². The monoisotopic (exact) mass is 372 g/mol. The molecular formula is C22H18N3O3+. The summed E-state index contributed by atoms with van der Waals surface area (Å²) in [5, 5.41) is 17.0. The number of anilines is 1. The zero-order chi connectivity index (χ0) is 19.8. The van der Waals surface area contributed by atoms with Crippen molar-refractivity contribution < 1.29 is 14.3 Å². The molecule has 0 aliphatic heterocycles. The van der Waals surface area contributed by atoms with E-state index in [0.29, 0.717) is 0 Å². The number of hydrogen-bond acceptors (Lipinski definition) is 3. The molecule has 4 rings (SSSR count). The van der Waals surface area contributed by atoms with Gasteiger partial charge in [0.15, 0.2) is 0 Å². The van der Waals surface area contributed by atoms with E-state index in [2.05, 4.69) is 16.0 Å². The smallest absolute Gasteiger partial charge is 0.269 e. The first-order chi connectivity index (χ1) is 13.5. The first kappa shape index (κ1) is 17.6. The SMILES string of the molecule is CC(=O)Nc1ccc2c3ccccc3c(-c3ccc([N+](=O)[O-])cc3)[n+](C)c2c1. The lowest BCUT2D eigenvalue weighted by molar-refractivity contribution is -0.632. The first-order valence-corrected chi connectivity index (χ1v) is 8.82. The Morgan fingerprint density at radius 3 is 2.29 bits per heavy atom. The van der Waals surface area contributed by atoms with Gasteiger partial charge in [-0.2, -0.15) is 4.57 Å². The number of hydrogen-bond donors (Lipinski definition) is 1. The third kappa shape index (κ3) is 2.95. The van der Waals surface area contributed by atoms with Crippen molar-refractivity contribution in [3.05, 3.63) is 76.8 Å². The Labute approximate surface area is 161 Å². The number of nitrogens with zero attached hydrogens (tertiary/aromatic N) is 2. The van der Waals surface area contributed by atoms with Crippen molar-refractivity contribution in [2.75, 3.05) is 5.32 Å². The normalized spacial score (nSPS) is 10.9. The molecule has 0 aliphatic carbocycles. The number of non-ortho nitro benzene ring substituents is 1. The van der Waals surface area contributed by atoms with E-state index in [1.54, 1.807) is 12.1 Å². The average Bonchev–Trinajstić information content (AvgIpc) is 2.68. The maximum absolute atomic E-state index is 11.4. The molecule has 6 nitrogen and oxygen atoms in total. The van der Waals surface area contributed by atoms with E-state index in [1.165, 1.54) is 19.1 Å². The lowest BCUT2D eigenvalue weighted by atomic mass is 9.99. The third-order valence-corrected chi connectivity index (χ3v) is 4.84. The van der Waals surface area contributed by atoms with Crippen LogP contribution >= 0.6 is 0 Å². The van der Waals surface area contributed by atoms with E-state index in [9.17, 15) is 14.9 Å². The van der Waals surface area contributed by atoms with Crippen LogP contribution in [0.5, 0.6) is 0 Å². The number of pyridine rings is 1. The number of fused-ring (bicyclic) bond motifs is 3. The summed E-state index contributed by atoms with van der Waals surface area (Å²) in [7, 11) is 1.96. The van der Waals surface area contributed by atoms with Crippen LogP contribution in [0, 0.1) is 10.1 Å². The fourth-order valence-electron chi connectivity index (χ4n) is 3.63. The second-order valence-corrected chi connectivity index (χ2v) is 6.67. The predicted octanol–water partition coefficient (Wildman–Crippen LogP) is 4.35. The van der Waals surface area contributed by atoms with Crippen molar-refractivity contribution in [2.24, 2.45) is 7.05 Å². The number of aryl methyl sites for hydroxylation is 1. The fourth-order valence-corrected chi connectivity index (χ4v) is 3.63. The lowest BCUT2D eigenvalue weighted by Gasteiger charge is -2.11. The van der Waals surface area contributed by atoms with Gasteiger partial charge >= 0.3 is 0 Å². The number of carbonyl (C=O) groups is 1. The number of nitro benzene ring substituents is 1. The number of rotatable bonds is 3. The van der Waals surface area contributed by atoms with Gasteiger partial charge in [0.25, 0.3) is 5.69 Å². The number of nitro groups is 1. The summed E-state index contributed by atoms with van der Waals surface area (Å²) in [6.45, 7) is 1.48. The van der Waals surface area contributed by atoms with Gasteiger partial charge in [-0.3, -0.25) is 14.9 Å². The van der Waals surface area contributed by atoms with Gasteiger partial charge in [-0.1, -0.05) is 18.2 Å². The second-order valence-electron chi connectivity index (χ2n) is 6.67. The van der Waals surface area contributed by atoms with Gasteiger partial charge in [-0.15, -0.1) is 0 Å². The highest BCUT2D eigenvalue weighted by Gasteiger charge is 2.21. The molecular weight excluding hydrogens is 354 g/mol. The van der Waals surface area contributed by atoms with E-state index in [0.717, 1.165) is 38.6 Å². The quantitative estimate of drug-likeness (QED) is 0.251. The standard InChI is InChI=1S/C22H17N3O3/c1-14(26)23-16-9-12-19-18-5-3-4-6-20(18)22(24(2)21(19)13-16)15-7-10-17(11-8-15)25(27)28/h3-13H,1-2H3/p+1. The van der Waals surface area contributed by atoms with E-state index in [4.69, 9.17) is 0 Å². The van der Waals surface area contributed by atoms with Crippen molar-refractivity contribution in [3.8, 4) is 11.3 Å². The highest BCUT2D eigenvalue weighted by Crippen LogP contribution is 2.32. The molecule has 1 N–H and O–H groups in total. The molecule has 1 aromatic heterocycles. The van der Waals surface area contributed by atoms with E-state index < -0.39 is 4.92 Å². The highest BCUT2D eigenvalue weighted by molar-refractivity contribution is 6.09. The summed E-state index contributed by atoms with van der Waals surface area (Å²) in [5.74, 6) is -0.126. The van der Waals surface area contributed by atoms with Gasteiger partial charge in [0.1, 0.15) is 7.05 Å². The van der Waals surface area contributed by atoms with Crippen molar-refractivity contribution in [3.63, 3.8) is 0 Å². The molecule has 0 spiro atoms. The van der Waals surface area contributed by atoms with Gasteiger partial charge in [-0.25, -0.2) is 0 Å². The summed E-state index contributed by atoms with van der Waals surface area (Å²) in [6, 6.07) is 20.5. The predicted molar refractivity (Wildman–Crippen MR) is 109 cm³/mol. The molecule has 0 radical (unpaired) electrons. The molecule has 1 amide bonds. The van der Waals surface area contributed by atoms with Crippen LogP contribution in [0.3, 0.4) is 0 Å². The second kappa shape index (κ2) is 6.74. The molecule has 1 heterocycles. The molecule has 3 aromatic carbocycles. The van der Waals surface area contributed by atoms with Crippen molar-refractivity contribution in [2.45, 2.75) is 6.92 Å². The van der Waals surface area contributed by atoms with Crippen LogP contribution in [0.2, 0.25) is 0 Å². The van der Waals surface area contributed by atoms with Crippen LogP contribution in [0.15, 0.2) is 66.7 Å². The van der Waals surface area contributed by atoms with E-state index in [-0.39, 0.29) is 11.6 Å². The molecule has 0 bridgehead atoms. The Balaban J connectivity index is 2.04. The van der Waals surface area contributed by atoms with Crippen molar-refractivity contribution in [1.82, 2.24) is 0 Å². The summed E-state index contributed by atoms with van der Waals surface area (Å²) >= 11 is 0. The van der Waals surface area contributed by atoms with Crippen molar-refractivity contribution in [1.29, 1.82) is 0 Å². The molecule has 0 fully saturated rings. The summed E-state index contributed by atoms with van der Waals surface area (Å²) in [5.41, 5.74) is 3.58. The molecule has 4 aromatic rings. The molecule has 138 valence electrons. The van der Waals surface area contributed by atoms with Gasteiger partial charge in [0.05, 0.1) is 15.7 Å². The Bertz CT molecular complexity index is 1250. The maximum Gasteiger partial charge on any atom is 0.269 e. The first-order valence-electron chi connectivity index (χ1n) is 8.82. The number of amides is 1. The summed E-state index contributed by atoms with van der Waals surface area (Å²) < 4.78 is 2.06. The maximum atomic E-state index is 11.4. The zero-order valence-corrected chi connectivity index (χ0v) is 15.5. The zero-order valence-electron chi connectivity index (χ0n) is 15.5. The average molecular weight is 372 g/mol. The Morgan fingerprint density at radius 2 is 1.64 bits per heavy atom. The molecule has 0 unspecified atom stereocenters. The molecule has 0 saturated carbocycles. The lowest BCUT2D eigenvalue weighted by Crippen LogP contribution is -2.32. The van der Waals surface area contributed by atoms with Crippen LogP contribution in [-0.4, -0.2) is 10.8 Å². The molecule has 6 heteroatoms. The number of benzene rings is 3. The minimum absolute atomic E-state index is 0.0597. The summed E-state index contributed by atoms with van der Waals surface area (Å²) in [6.07, 6.45) is 0.